The van der Waals surface area contributed by atoms with Gasteiger partial charge in [-0.25, -0.2) is 0 Å². The summed E-state index contributed by atoms with van der Waals surface area (Å²) >= 11 is 0. The van der Waals surface area contributed by atoms with Gasteiger partial charge < -0.3 is 14.8 Å². The van der Waals surface area contributed by atoms with Crippen LogP contribution < -0.4 is 14.8 Å². The molecule has 0 radical (unpaired) electrons. The van der Waals surface area contributed by atoms with Gasteiger partial charge in [0.25, 0.3) is 0 Å². The summed E-state index contributed by atoms with van der Waals surface area (Å²) in [4.78, 5) is 16.0. The summed E-state index contributed by atoms with van der Waals surface area (Å²) in [7, 11) is 3.17. The molecule has 2 aromatic rings. The Labute approximate surface area is 123 Å². The molecule has 0 saturated carbocycles. The molecule has 5 heteroatoms. The lowest BCUT2D eigenvalue weighted by Gasteiger charge is -2.10. The van der Waals surface area contributed by atoms with Crippen LogP contribution in [0.5, 0.6) is 11.5 Å². The molecule has 1 aromatic carbocycles. The van der Waals surface area contributed by atoms with Crippen LogP contribution in [0.25, 0.3) is 0 Å². The van der Waals surface area contributed by atoms with Crippen LogP contribution in [0.4, 0.5) is 0 Å². The van der Waals surface area contributed by atoms with Gasteiger partial charge in [-0.05, 0) is 29.8 Å². The lowest BCUT2D eigenvalue weighted by atomic mass is 10.2. The largest absolute Gasteiger partial charge is 0.493 e. The average Bonchev–Trinajstić information content (AvgIpc) is 2.53. The van der Waals surface area contributed by atoms with Gasteiger partial charge in [-0.1, -0.05) is 12.1 Å². The van der Waals surface area contributed by atoms with E-state index >= 15 is 0 Å². The third-order valence-corrected chi connectivity index (χ3v) is 3.01. The van der Waals surface area contributed by atoms with Crippen LogP contribution in [0.1, 0.15) is 11.3 Å². The quantitative estimate of drug-likeness (QED) is 0.882. The second-order valence-corrected chi connectivity index (χ2v) is 4.46. The predicted octanol–water partition coefficient (Wildman–Crippen LogP) is 1.96. The lowest BCUT2D eigenvalue weighted by Crippen LogP contribution is -2.24. The van der Waals surface area contributed by atoms with Crippen molar-refractivity contribution in [3.05, 3.63) is 53.9 Å². The number of benzene rings is 1. The van der Waals surface area contributed by atoms with Crippen LogP contribution in [0.2, 0.25) is 0 Å². The van der Waals surface area contributed by atoms with Crippen molar-refractivity contribution in [3.63, 3.8) is 0 Å². The Morgan fingerprint density at radius 2 is 1.95 bits per heavy atom. The summed E-state index contributed by atoms with van der Waals surface area (Å²) < 4.78 is 10.4. The second-order valence-electron chi connectivity index (χ2n) is 4.46. The van der Waals surface area contributed by atoms with E-state index < -0.39 is 0 Å². The first-order valence-electron chi connectivity index (χ1n) is 6.60. The first kappa shape index (κ1) is 14.8. The molecular weight excluding hydrogens is 268 g/mol. The lowest BCUT2D eigenvalue weighted by molar-refractivity contribution is -0.120. The molecular formula is C16H18N2O3. The van der Waals surface area contributed by atoms with Crippen LogP contribution in [0, 0.1) is 0 Å². The van der Waals surface area contributed by atoms with Crippen LogP contribution >= 0.6 is 0 Å². The van der Waals surface area contributed by atoms with Crippen molar-refractivity contribution in [1.82, 2.24) is 10.3 Å². The number of hydrogen-bond donors (Lipinski definition) is 1. The van der Waals surface area contributed by atoms with Crippen LogP contribution in [0.15, 0.2) is 42.6 Å². The Kier molecular flexibility index (Phi) is 5.15. The van der Waals surface area contributed by atoms with Crippen molar-refractivity contribution in [2.45, 2.75) is 13.0 Å². The van der Waals surface area contributed by atoms with Crippen LogP contribution in [-0.2, 0) is 17.8 Å². The predicted molar refractivity (Wildman–Crippen MR) is 79.3 cm³/mol. The molecule has 2 rings (SSSR count). The smallest absolute Gasteiger partial charge is 0.226 e. The molecule has 0 atom stereocenters. The molecule has 5 nitrogen and oxygen atoms in total. The number of amides is 1. The van der Waals surface area contributed by atoms with Crippen LogP contribution in [-0.4, -0.2) is 25.1 Å². The summed E-state index contributed by atoms with van der Waals surface area (Å²) in [5, 5.41) is 2.86. The standard InChI is InChI=1S/C16H18N2O3/c1-20-14-7-6-12(9-15(14)21-2)11-18-16(19)10-13-5-3-4-8-17-13/h3-9H,10-11H2,1-2H3,(H,18,19). The number of nitrogens with zero attached hydrogens (tertiary/aromatic N) is 1. The molecule has 21 heavy (non-hydrogen) atoms. The summed E-state index contributed by atoms with van der Waals surface area (Å²) in [6.07, 6.45) is 1.95. The molecule has 0 aliphatic heterocycles. The Bertz CT molecular complexity index is 600. The molecule has 1 amide bonds. The molecule has 0 fully saturated rings. The summed E-state index contributed by atoms with van der Waals surface area (Å²) in [6, 6.07) is 11.1. The van der Waals surface area contributed by atoms with Gasteiger partial charge in [0.15, 0.2) is 11.5 Å². The number of hydrogen-bond acceptors (Lipinski definition) is 4. The van der Waals surface area contributed by atoms with Gasteiger partial charge in [0.1, 0.15) is 0 Å². The highest BCUT2D eigenvalue weighted by Crippen LogP contribution is 2.27. The van der Waals surface area contributed by atoms with Gasteiger partial charge in [0.05, 0.1) is 20.6 Å². The average molecular weight is 286 g/mol. The minimum Gasteiger partial charge on any atom is -0.493 e. The van der Waals surface area contributed by atoms with Gasteiger partial charge in [0, 0.05) is 18.4 Å². The van der Waals surface area contributed by atoms with Crippen molar-refractivity contribution in [2.75, 3.05) is 14.2 Å². The number of pyridine rings is 1. The SMILES string of the molecule is COc1ccc(CNC(=O)Cc2ccccn2)cc1OC. The van der Waals surface area contributed by atoms with E-state index in [4.69, 9.17) is 9.47 Å². The minimum absolute atomic E-state index is 0.0662. The fourth-order valence-electron chi connectivity index (χ4n) is 1.92. The molecule has 0 aliphatic carbocycles. The highest BCUT2D eigenvalue weighted by atomic mass is 16.5. The summed E-state index contributed by atoms with van der Waals surface area (Å²) in [6.45, 7) is 0.437. The molecule has 0 aliphatic rings. The number of rotatable bonds is 6. The van der Waals surface area contributed by atoms with E-state index in [1.807, 2.05) is 36.4 Å². The van der Waals surface area contributed by atoms with Crippen molar-refractivity contribution in [3.8, 4) is 11.5 Å². The molecule has 0 unspecified atom stereocenters. The highest BCUT2D eigenvalue weighted by Gasteiger charge is 2.07. The minimum atomic E-state index is -0.0662. The third kappa shape index (κ3) is 4.21. The number of methoxy groups -OCH3 is 2. The fourth-order valence-corrected chi connectivity index (χ4v) is 1.92. The topological polar surface area (TPSA) is 60.5 Å². The Hall–Kier alpha value is -2.56. The van der Waals surface area contributed by atoms with E-state index in [2.05, 4.69) is 10.3 Å². The van der Waals surface area contributed by atoms with Crippen molar-refractivity contribution in [2.24, 2.45) is 0 Å². The maximum absolute atomic E-state index is 11.9. The first-order chi connectivity index (χ1) is 10.2. The molecule has 1 N–H and O–H groups in total. The van der Waals surface area contributed by atoms with E-state index in [0.717, 1.165) is 11.3 Å². The van der Waals surface area contributed by atoms with E-state index in [-0.39, 0.29) is 12.3 Å². The Balaban J connectivity index is 1.92. The molecule has 1 aromatic heterocycles. The number of ether oxygens (including phenoxy) is 2. The molecule has 0 bridgehead atoms. The maximum Gasteiger partial charge on any atom is 0.226 e. The number of aromatic nitrogens is 1. The van der Waals surface area contributed by atoms with Crippen molar-refractivity contribution < 1.29 is 14.3 Å². The number of carbonyl (C=O) groups is 1. The molecule has 0 saturated heterocycles. The molecule has 1 heterocycles. The van der Waals surface area contributed by atoms with Gasteiger partial charge in [-0.15, -0.1) is 0 Å². The van der Waals surface area contributed by atoms with E-state index in [1.165, 1.54) is 0 Å². The van der Waals surface area contributed by atoms with Gasteiger partial charge in [0.2, 0.25) is 5.91 Å². The zero-order valence-corrected chi connectivity index (χ0v) is 12.1. The zero-order chi connectivity index (χ0) is 15.1. The fraction of sp³-hybridized carbons (Fsp3) is 0.250. The highest BCUT2D eigenvalue weighted by molar-refractivity contribution is 5.78. The van der Waals surface area contributed by atoms with Crippen LogP contribution in [0.3, 0.4) is 0 Å². The van der Waals surface area contributed by atoms with Gasteiger partial charge in [-0.2, -0.15) is 0 Å². The van der Waals surface area contributed by atoms with Crippen molar-refractivity contribution >= 4 is 5.91 Å². The number of carbonyl (C=O) groups excluding carboxylic acids is 1. The number of nitrogens with one attached hydrogen (secondary N) is 1. The second kappa shape index (κ2) is 7.28. The monoisotopic (exact) mass is 286 g/mol. The summed E-state index contributed by atoms with van der Waals surface area (Å²) in [5.74, 6) is 1.25. The molecule has 0 spiro atoms. The van der Waals surface area contributed by atoms with E-state index in [0.29, 0.717) is 18.0 Å². The zero-order valence-electron chi connectivity index (χ0n) is 12.1. The summed E-state index contributed by atoms with van der Waals surface area (Å²) in [5.41, 5.74) is 1.70. The van der Waals surface area contributed by atoms with Gasteiger partial charge in [-0.3, -0.25) is 9.78 Å². The van der Waals surface area contributed by atoms with E-state index in [1.54, 1.807) is 20.4 Å². The molecule has 110 valence electrons. The third-order valence-electron chi connectivity index (χ3n) is 3.01. The first-order valence-corrected chi connectivity index (χ1v) is 6.60. The van der Waals surface area contributed by atoms with E-state index in [9.17, 15) is 4.79 Å². The maximum atomic E-state index is 11.9. The Morgan fingerprint density at radius 3 is 2.62 bits per heavy atom. The Morgan fingerprint density at radius 1 is 1.14 bits per heavy atom. The normalized spacial score (nSPS) is 10.0. The van der Waals surface area contributed by atoms with Crippen molar-refractivity contribution in [1.29, 1.82) is 0 Å². The van der Waals surface area contributed by atoms with Gasteiger partial charge >= 0.3 is 0 Å².